The number of ether oxygens (including phenoxy) is 4. The lowest BCUT2D eigenvalue weighted by Crippen LogP contribution is -2.37. The van der Waals surface area contributed by atoms with Crippen molar-refractivity contribution < 1.29 is 23.7 Å². The quantitative estimate of drug-likeness (QED) is 0.226. The number of hydrogen-bond acceptors (Lipinski definition) is 10. The Hall–Kier alpha value is -3.51. The summed E-state index contributed by atoms with van der Waals surface area (Å²) in [5.74, 6) is 3.07. The number of fused-ring (bicyclic) bond motifs is 1. The van der Waals surface area contributed by atoms with Crippen molar-refractivity contribution in [1.82, 2.24) is 25.1 Å². The molecule has 1 N–H and O–H groups in total. The number of hydrogen-bond donors (Lipinski definition) is 1. The van der Waals surface area contributed by atoms with Crippen molar-refractivity contribution in [3.63, 3.8) is 0 Å². The van der Waals surface area contributed by atoms with Crippen LogP contribution in [0.15, 0.2) is 29.6 Å². The van der Waals surface area contributed by atoms with Gasteiger partial charge >= 0.3 is 0 Å². The van der Waals surface area contributed by atoms with E-state index in [1.165, 1.54) is 6.08 Å². The van der Waals surface area contributed by atoms with Crippen LogP contribution in [-0.2, 0) is 16.1 Å². The van der Waals surface area contributed by atoms with Crippen LogP contribution in [0, 0.1) is 0 Å². The van der Waals surface area contributed by atoms with E-state index in [4.69, 9.17) is 28.9 Å². The summed E-state index contributed by atoms with van der Waals surface area (Å²) in [7, 11) is 4.65. The normalized spacial score (nSPS) is 13.8. The summed E-state index contributed by atoms with van der Waals surface area (Å²) in [5, 5.41) is 9.06. The lowest BCUT2D eigenvalue weighted by molar-refractivity contribution is -0.116. The van der Waals surface area contributed by atoms with Crippen LogP contribution in [-0.4, -0.2) is 85.6 Å². The van der Waals surface area contributed by atoms with E-state index < -0.39 is 0 Å². The second-order valence-electron chi connectivity index (χ2n) is 8.05. The Morgan fingerprint density at radius 1 is 1.14 bits per heavy atom. The molecule has 1 aliphatic heterocycles. The highest BCUT2D eigenvalue weighted by molar-refractivity contribution is 7.99. The number of nitrogens with one attached hydrogen (secondary N) is 1. The molecule has 0 unspecified atom stereocenters. The first-order chi connectivity index (χ1) is 18.1. The van der Waals surface area contributed by atoms with E-state index in [-0.39, 0.29) is 5.91 Å². The molecule has 11 nitrogen and oxygen atoms in total. The fraction of sp³-hybridized carbons (Fsp3) is 0.440. The van der Waals surface area contributed by atoms with Crippen molar-refractivity contribution in [3.8, 4) is 17.2 Å². The molecule has 12 heteroatoms. The summed E-state index contributed by atoms with van der Waals surface area (Å²) in [4.78, 5) is 24.2. The van der Waals surface area contributed by atoms with Crippen molar-refractivity contribution in [1.29, 1.82) is 0 Å². The first-order valence-electron chi connectivity index (χ1n) is 12.0. The molecule has 0 bridgehead atoms. The molecular weight excluding hydrogens is 496 g/mol. The number of carbonyl (C=O) groups excluding carboxylic acids is 1. The first kappa shape index (κ1) is 26.6. The predicted octanol–water partition coefficient (Wildman–Crippen LogP) is 2.63. The molecule has 0 saturated carbocycles. The minimum Gasteiger partial charge on any atom is -0.493 e. The third-order valence-corrected chi connectivity index (χ3v) is 6.51. The Kier molecular flexibility index (Phi) is 9.07. The Morgan fingerprint density at radius 3 is 2.51 bits per heavy atom. The number of aromatic nitrogens is 4. The third-order valence-electron chi connectivity index (χ3n) is 5.78. The highest BCUT2D eigenvalue weighted by atomic mass is 32.2. The predicted molar refractivity (Wildman–Crippen MR) is 143 cm³/mol. The smallest absolute Gasteiger partial charge is 0.244 e. The van der Waals surface area contributed by atoms with Gasteiger partial charge in [0.2, 0.25) is 11.7 Å². The molecule has 0 radical (unpaired) electrons. The molecule has 0 atom stereocenters. The molecule has 1 amide bonds. The molecule has 1 aliphatic rings. The number of rotatable bonds is 11. The lowest BCUT2D eigenvalue weighted by Gasteiger charge is -2.28. The third kappa shape index (κ3) is 6.25. The van der Waals surface area contributed by atoms with Crippen LogP contribution < -0.4 is 24.4 Å². The van der Waals surface area contributed by atoms with Gasteiger partial charge in [-0.25, -0.2) is 14.6 Å². The van der Waals surface area contributed by atoms with E-state index in [1.54, 1.807) is 57.5 Å². The van der Waals surface area contributed by atoms with Gasteiger partial charge in [-0.2, -0.15) is 5.10 Å². The van der Waals surface area contributed by atoms with Gasteiger partial charge in [0.05, 0.1) is 52.7 Å². The molecular formula is C25H32N6O5S. The van der Waals surface area contributed by atoms with Gasteiger partial charge in [-0.1, -0.05) is 18.7 Å². The molecule has 1 aromatic carbocycles. The van der Waals surface area contributed by atoms with Gasteiger partial charge in [0.25, 0.3) is 0 Å². The maximum atomic E-state index is 12.5. The largest absolute Gasteiger partial charge is 0.493 e. The van der Waals surface area contributed by atoms with Gasteiger partial charge in [-0.15, -0.1) is 0 Å². The molecule has 37 heavy (non-hydrogen) atoms. The van der Waals surface area contributed by atoms with Gasteiger partial charge in [0.15, 0.2) is 22.3 Å². The van der Waals surface area contributed by atoms with Crippen molar-refractivity contribution in [3.05, 3.63) is 30.0 Å². The monoisotopic (exact) mass is 528 g/mol. The molecule has 4 rings (SSSR count). The Balaban J connectivity index is 1.44. The van der Waals surface area contributed by atoms with Crippen LogP contribution in [0.1, 0.15) is 12.5 Å². The number of thioether (sulfide) groups is 1. The molecule has 0 spiro atoms. The number of anilines is 1. The number of benzene rings is 1. The molecule has 0 aliphatic carbocycles. The Bertz CT molecular complexity index is 1230. The molecule has 2 aromatic heterocycles. The summed E-state index contributed by atoms with van der Waals surface area (Å²) < 4.78 is 23.4. The number of amides is 1. The van der Waals surface area contributed by atoms with E-state index in [1.807, 2.05) is 4.68 Å². The SMILES string of the molecule is CCSc1nc(N2CCOCC2)c2cnn(CCNC(=O)C=Cc3cc(OC)c(OC)c(OC)c3)c2n1. The second-order valence-corrected chi connectivity index (χ2v) is 9.28. The van der Waals surface area contributed by atoms with Gasteiger partial charge in [-0.05, 0) is 29.5 Å². The maximum Gasteiger partial charge on any atom is 0.244 e. The van der Waals surface area contributed by atoms with Crippen LogP contribution in [0.2, 0.25) is 0 Å². The van der Waals surface area contributed by atoms with Crippen molar-refractivity contribution in [2.24, 2.45) is 0 Å². The molecule has 1 saturated heterocycles. The van der Waals surface area contributed by atoms with Crippen molar-refractivity contribution in [2.45, 2.75) is 18.6 Å². The van der Waals surface area contributed by atoms with Crippen molar-refractivity contribution in [2.75, 3.05) is 64.8 Å². The fourth-order valence-corrected chi connectivity index (χ4v) is 4.57. The van der Waals surface area contributed by atoms with Crippen LogP contribution in [0.25, 0.3) is 17.1 Å². The van der Waals surface area contributed by atoms with Crippen LogP contribution >= 0.6 is 11.8 Å². The maximum absolute atomic E-state index is 12.5. The molecule has 1 fully saturated rings. The van der Waals surface area contributed by atoms with E-state index in [2.05, 4.69) is 22.2 Å². The van der Waals surface area contributed by atoms with E-state index in [0.29, 0.717) is 43.6 Å². The molecule has 198 valence electrons. The minimum atomic E-state index is -0.226. The number of carbonyl (C=O) groups is 1. The fourth-order valence-electron chi connectivity index (χ4n) is 4.01. The summed E-state index contributed by atoms with van der Waals surface area (Å²) in [6.07, 6.45) is 4.96. The van der Waals surface area contributed by atoms with Crippen LogP contribution in [0.4, 0.5) is 5.82 Å². The van der Waals surface area contributed by atoms with Gasteiger partial charge in [-0.3, -0.25) is 4.79 Å². The highest BCUT2D eigenvalue weighted by Gasteiger charge is 2.20. The summed E-state index contributed by atoms with van der Waals surface area (Å²) >= 11 is 1.60. The second kappa shape index (κ2) is 12.6. The summed E-state index contributed by atoms with van der Waals surface area (Å²) in [6, 6.07) is 3.55. The first-order valence-corrected chi connectivity index (χ1v) is 13.0. The topological polar surface area (TPSA) is 113 Å². The minimum absolute atomic E-state index is 0.226. The zero-order valence-corrected chi connectivity index (χ0v) is 22.3. The van der Waals surface area contributed by atoms with Gasteiger partial charge in [0, 0.05) is 25.7 Å². The average molecular weight is 529 g/mol. The molecule has 3 aromatic rings. The summed E-state index contributed by atoms with van der Waals surface area (Å²) in [5.41, 5.74) is 1.51. The van der Waals surface area contributed by atoms with Crippen LogP contribution in [0.3, 0.4) is 0 Å². The number of methoxy groups -OCH3 is 3. The lowest BCUT2D eigenvalue weighted by atomic mass is 10.1. The van der Waals surface area contributed by atoms with Crippen LogP contribution in [0.5, 0.6) is 17.2 Å². The van der Waals surface area contributed by atoms with E-state index >= 15 is 0 Å². The molecule has 3 heterocycles. The van der Waals surface area contributed by atoms with Gasteiger partial charge < -0.3 is 29.2 Å². The number of nitrogens with zero attached hydrogens (tertiary/aromatic N) is 5. The van der Waals surface area contributed by atoms with Gasteiger partial charge in [0.1, 0.15) is 5.82 Å². The standard InChI is InChI=1S/C25H32N6O5S/c1-5-37-25-28-23(30-10-12-36-13-11-30)18-16-27-31(24(18)29-25)9-8-26-21(32)7-6-17-14-19(33-2)22(35-4)20(15-17)34-3/h6-7,14-16H,5,8-13H2,1-4H3,(H,26,32). The number of morpholine rings is 1. The summed E-state index contributed by atoms with van der Waals surface area (Å²) in [6.45, 7) is 5.84. The zero-order chi connectivity index (χ0) is 26.2. The van der Waals surface area contributed by atoms with E-state index in [9.17, 15) is 4.79 Å². The van der Waals surface area contributed by atoms with E-state index in [0.717, 1.165) is 46.4 Å². The Labute approximate surface area is 220 Å². The van der Waals surface area contributed by atoms with Crippen molar-refractivity contribution >= 4 is 40.6 Å². The zero-order valence-electron chi connectivity index (χ0n) is 21.5. The highest BCUT2D eigenvalue weighted by Crippen LogP contribution is 2.38. The average Bonchev–Trinajstić information content (AvgIpc) is 3.34. The Morgan fingerprint density at radius 2 is 1.86 bits per heavy atom.